The minimum atomic E-state index is -0.550. The Kier molecular flexibility index (Phi) is 4.19. The van der Waals surface area contributed by atoms with Crippen molar-refractivity contribution in [2.75, 3.05) is 20.1 Å². The van der Waals surface area contributed by atoms with Crippen LogP contribution in [0.4, 0.5) is 4.39 Å². The van der Waals surface area contributed by atoms with E-state index in [0.717, 1.165) is 19.5 Å². The Labute approximate surface area is 108 Å². The molecule has 1 saturated heterocycles. The van der Waals surface area contributed by atoms with Gasteiger partial charge < -0.3 is 15.3 Å². The Bertz CT molecular complexity index is 411. The number of nitrogens with zero attached hydrogens (tertiary/aromatic N) is 1. The fourth-order valence-electron chi connectivity index (χ4n) is 2.60. The van der Waals surface area contributed by atoms with Gasteiger partial charge in [0.2, 0.25) is 0 Å². The Morgan fingerprint density at radius 1 is 1.50 bits per heavy atom. The molecule has 1 aliphatic rings. The van der Waals surface area contributed by atoms with Gasteiger partial charge >= 0.3 is 0 Å². The molecule has 0 radical (unpaired) electrons. The van der Waals surface area contributed by atoms with Crippen molar-refractivity contribution in [3.05, 3.63) is 29.6 Å². The van der Waals surface area contributed by atoms with Crippen molar-refractivity contribution in [3.8, 4) is 5.75 Å². The number of hydrogen-bond acceptors (Lipinski definition) is 3. The summed E-state index contributed by atoms with van der Waals surface area (Å²) in [6.45, 7) is 4.89. The normalized spacial score (nSPS) is 25.3. The largest absolute Gasteiger partial charge is 0.505 e. The first-order chi connectivity index (χ1) is 8.58. The van der Waals surface area contributed by atoms with Gasteiger partial charge in [0.05, 0.1) is 0 Å². The van der Waals surface area contributed by atoms with E-state index in [1.54, 1.807) is 12.1 Å². The third-order valence-corrected chi connectivity index (χ3v) is 3.73. The molecule has 1 fully saturated rings. The van der Waals surface area contributed by atoms with Gasteiger partial charge in [0.15, 0.2) is 11.6 Å². The molecule has 1 aliphatic heterocycles. The SMILES string of the molecule is CC1CN(C)CCC1NCc1cccc(F)c1O. The maximum absolute atomic E-state index is 13.2. The van der Waals surface area contributed by atoms with Gasteiger partial charge in [-0.05, 0) is 32.0 Å². The second-order valence-electron chi connectivity index (χ2n) is 5.26. The van der Waals surface area contributed by atoms with Crippen molar-refractivity contribution in [1.29, 1.82) is 0 Å². The summed E-state index contributed by atoms with van der Waals surface area (Å²) in [4.78, 5) is 2.32. The summed E-state index contributed by atoms with van der Waals surface area (Å²) >= 11 is 0. The Morgan fingerprint density at radius 2 is 2.28 bits per heavy atom. The van der Waals surface area contributed by atoms with Gasteiger partial charge in [-0.3, -0.25) is 0 Å². The molecular weight excluding hydrogens is 231 g/mol. The number of benzene rings is 1. The molecule has 100 valence electrons. The predicted molar refractivity (Wildman–Crippen MR) is 70.0 cm³/mol. The minimum absolute atomic E-state index is 0.231. The molecule has 2 unspecified atom stereocenters. The summed E-state index contributed by atoms with van der Waals surface area (Å²) in [7, 11) is 2.13. The molecular formula is C14H21FN2O. The van der Waals surface area contributed by atoms with Gasteiger partial charge in [0.25, 0.3) is 0 Å². The predicted octanol–water partition coefficient (Wildman–Crippen LogP) is 1.96. The standard InChI is InChI=1S/C14H21FN2O/c1-10-9-17(2)7-6-13(10)16-8-11-4-3-5-12(15)14(11)18/h3-5,10,13,16,18H,6-9H2,1-2H3. The fourth-order valence-corrected chi connectivity index (χ4v) is 2.60. The highest BCUT2D eigenvalue weighted by Gasteiger charge is 2.23. The van der Waals surface area contributed by atoms with E-state index in [0.29, 0.717) is 24.1 Å². The summed E-state index contributed by atoms with van der Waals surface area (Å²) < 4.78 is 13.2. The number of likely N-dealkylation sites (tertiary alicyclic amines) is 1. The van der Waals surface area contributed by atoms with Crippen molar-refractivity contribution < 1.29 is 9.50 Å². The van der Waals surface area contributed by atoms with Gasteiger partial charge in [-0.2, -0.15) is 0 Å². The van der Waals surface area contributed by atoms with Crippen LogP contribution in [0.25, 0.3) is 0 Å². The van der Waals surface area contributed by atoms with Crippen LogP contribution in [0.1, 0.15) is 18.9 Å². The van der Waals surface area contributed by atoms with Gasteiger partial charge in [-0.1, -0.05) is 19.1 Å². The highest BCUT2D eigenvalue weighted by Crippen LogP contribution is 2.22. The smallest absolute Gasteiger partial charge is 0.165 e. The van der Waals surface area contributed by atoms with Crippen LogP contribution in [0.15, 0.2) is 18.2 Å². The number of nitrogens with one attached hydrogen (secondary N) is 1. The molecule has 0 aromatic heterocycles. The molecule has 0 spiro atoms. The van der Waals surface area contributed by atoms with Crippen molar-refractivity contribution >= 4 is 0 Å². The van der Waals surface area contributed by atoms with Gasteiger partial charge in [0, 0.05) is 24.7 Å². The van der Waals surface area contributed by atoms with E-state index in [9.17, 15) is 9.50 Å². The van der Waals surface area contributed by atoms with Crippen LogP contribution in [0, 0.1) is 11.7 Å². The molecule has 2 rings (SSSR count). The van der Waals surface area contributed by atoms with Crippen molar-refractivity contribution in [1.82, 2.24) is 10.2 Å². The van der Waals surface area contributed by atoms with Crippen LogP contribution >= 0.6 is 0 Å². The number of phenols is 1. The number of piperidine rings is 1. The van der Waals surface area contributed by atoms with Gasteiger partial charge in [0.1, 0.15) is 0 Å². The first kappa shape index (κ1) is 13.3. The number of rotatable bonds is 3. The van der Waals surface area contributed by atoms with Gasteiger partial charge in [-0.15, -0.1) is 0 Å². The van der Waals surface area contributed by atoms with Crippen LogP contribution < -0.4 is 5.32 Å². The van der Waals surface area contributed by atoms with Crippen LogP contribution in [-0.2, 0) is 6.54 Å². The minimum Gasteiger partial charge on any atom is -0.505 e. The summed E-state index contributed by atoms with van der Waals surface area (Å²) in [5.41, 5.74) is 0.626. The highest BCUT2D eigenvalue weighted by atomic mass is 19.1. The van der Waals surface area contributed by atoms with E-state index in [1.165, 1.54) is 6.07 Å². The Morgan fingerprint density at radius 3 is 3.00 bits per heavy atom. The van der Waals surface area contributed by atoms with Crippen molar-refractivity contribution in [2.24, 2.45) is 5.92 Å². The lowest BCUT2D eigenvalue weighted by Gasteiger charge is -2.35. The van der Waals surface area contributed by atoms with E-state index in [4.69, 9.17) is 0 Å². The van der Waals surface area contributed by atoms with E-state index < -0.39 is 5.82 Å². The molecule has 3 nitrogen and oxygen atoms in total. The highest BCUT2D eigenvalue weighted by molar-refractivity contribution is 5.33. The van der Waals surface area contributed by atoms with E-state index in [2.05, 4.69) is 24.2 Å². The van der Waals surface area contributed by atoms with Crippen LogP contribution in [-0.4, -0.2) is 36.2 Å². The quantitative estimate of drug-likeness (QED) is 0.863. The number of para-hydroxylation sites is 1. The van der Waals surface area contributed by atoms with Crippen LogP contribution in [0.5, 0.6) is 5.75 Å². The Balaban J connectivity index is 1.93. The molecule has 2 N–H and O–H groups in total. The molecule has 2 atom stereocenters. The second-order valence-corrected chi connectivity index (χ2v) is 5.26. The topological polar surface area (TPSA) is 35.5 Å². The lowest BCUT2D eigenvalue weighted by Crippen LogP contribution is -2.46. The molecule has 18 heavy (non-hydrogen) atoms. The molecule has 4 heteroatoms. The van der Waals surface area contributed by atoms with Crippen LogP contribution in [0.2, 0.25) is 0 Å². The molecule has 1 heterocycles. The van der Waals surface area contributed by atoms with Crippen LogP contribution in [0.3, 0.4) is 0 Å². The number of aromatic hydroxyl groups is 1. The Hall–Kier alpha value is -1.13. The zero-order valence-corrected chi connectivity index (χ0v) is 11.0. The zero-order valence-electron chi connectivity index (χ0n) is 11.0. The molecule has 0 amide bonds. The number of phenolic OH excluding ortho intramolecular Hbond substituents is 1. The average Bonchev–Trinajstić information content (AvgIpc) is 2.33. The maximum atomic E-state index is 13.2. The molecule has 0 saturated carbocycles. The molecule has 0 aliphatic carbocycles. The second kappa shape index (κ2) is 5.67. The molecule has 1 aromatic carbocycles. The van der Waals surface area contributed by atoms with E-state index in [1.807, 2.05) is 0 Å². The summed E-state index contributed by atoms with van der Waals surface area (Å²) in [6, 6.07) is 5.09. The van der Waals surface area contributed by atoms with Crippen molar-refractivity contribution in [3.63, 3.8) is 0 Å². The first-order valence-corrected chi connectivity index (χ1v) is 6.46. The number of halogens is 1. The lowest BCUT2D eigenvalue weighted by atomic mass is 9.94. The average molecular weight is 252 g/mol. The summed E-state index contributed by atoms with van der Waals surface area (Å²) in [5.74, 6) is -0.212. The fraction of sp³-hybridized carbons (Fsp3) is 0.571. The first-order valence-electron chi connectivity index (χ1n) is 6.46. The third kappa shape index (κ3) is 3.00. The molecule has 0 bridgehead atoms. The van der Waals surface area contributed by atoms with Crippen molar-refractivity contribution in [2.45, 2.75) is 25.9 Å². The van der Waals surface area contributed by atoms with Gasteiger partial charge in [-0.25, -0.2) is 4.39 Å². The molecule has 1 aromatic rings. The third-order valence-electron chi connectivity index (χ3n) is 3.73. The maximum Gasteiger partial charge on any atom is 0.165 e. The number of hydrogen-bond donors (Lipinski definition) is 2. The summed E-state index contributed by atoms with van der Waals surface area (Å²) in [6.07, 6.45) is 1.09. The monoisotopic (exact) mass is 252 g/mol. The summed E-state index contributed by atoms with van der Waals surface area (Å²) in [5, 5.41) is 13.0. The lowest BCUT2D eigenvalue weighted by molar-refractivity contribution is 0.174. The zero-order chi connectivity index (χ0) is 13.1. The van der Waals surface area contributed by atoms with E-state index >= 15 is 0 Å². The van der Waals surface area contributed by atoms with E-state index in [-0.39, 0.29) is 5.75 Å².